The standard InChI is InChI=1S/C23H27ClN4O3S/c1-23(2)21-10-15(24)4-7-20(21)22(29)28(23)18-11-17(12-25-13-18)26(3)16-8-9-27(14-16)32(30,31)19-5-6-19/h4,7,10-13,16,19H,5-6,8-9,14H2,1-3H3. The summed E-state index contributed by atoms with van der Waals surface area (Å²) in [5.41, 5.74) is 2.53. The SMILES string of the molecule is CN(c1cncc(N2C(=O)c3ccc(Cl)cc3C2(C)C)c1)C1CCN(S(=O)(=O)C2CC2)C1. The molecule has 0 spiro atoms. The fourth-order valence-corrected chi connectivity index (χ4v) is 6.99. The van der Waals surface area contributed by atoms with Crippen LogP contribution in [0.2, 0.25) is 5.02 Å². The lowest BCUT2D eigenvalue weighted by Crippen LogP contribution is -2.40. The van der Waals surface area contributed by atoms with Crippen LogP contribution in [0, 0.1) is 0 Å². The van der Waals surface area contributed by atoms with Gasteiger partial charge in [0.05, 0.1) is 34.6 Å². The van der Waals surface area contributed by atoms with Gasteiger partial charge in [-0.05, 0) is 62.9 Å². The van der Waals surface area contributed by atoms with Gasteiger partial charge in [0, 0.05) is 36.8 Å². The number of pyridine rings is 1. The molecule has 0 bridgehead atoms. The van der Waals surface area contributed by atoms with Crippen LogP contribution in [-0.4, -0.2) is 55.0 Å². The van der Waals surface area contributed by atoms with E-state index in [1.54, 1.807) is 33.7 Å². The molecule has 32 heavy (non-hydrogen) atoms. The maximum absolute atomic E-state index is 13.3. The second kappa shape index (κ2) is 7.43. The fraction of sp³-hybridized carbons (Fsp3) is 0.478. The Morgan fingerprint density at radius 1 is 1.16 bits per heavy atom. The number of sulfonamides is 1. The minimum absolute atomic E-state index is 0.0684. The predicted octanol–water partition coefficient (Wildman–Crippen LogP) is 3.63. The topological polar surface area (TPSA) is 73.8 Å². The molecule has 9 heteroatoms. The summed E-state index contributed by atoms with van der Waals surface area (Å²) in [7, 11) is -1.20. The average molecular weight is 475 g/mol. The zero-order valence-corrected chi connectivity index (χ0v) is 20.0. The van der Waals surface area contributed by atoms with E-state index in [2.05, 4.69) is 9.88 Å². The molecule has 1 saturated heterocycles. The van der Waals surface area contributed by atoms with Crippen LogP contribution in [0.25, 0.3) is 0 Å². The number of hydrogen-bond donors (Lipinski definition) is 0. The number of carbonyl (C=O) groups excluding carboxylic acids is 1. The minimum Gasteiger partial charge on any atom is -0.369 e. The van der Waals surface area contributed by atoms with E-state index in [1.807, 2.05) is 33.0 Å². The van der Waals surface area contributed by atoms with Crippen LogP contribution in [-0.2, 0) is 15.6 Å². The number of anilines is 2. The number of aromatic nitrogens is 1. The summed E-state index contributed by atoms with van der Waals surface area (Å²) >= 11 is 6.20. The number of halogens is 1. The van der Waals surface area contributed by atoms with Crippen molar-refractivity contribution in [2.75, 3.05) is 29.9 Å². The van der Waals surface area contributed by atoms with E-state index < -0.39 is 15.6 Å². The van der Waals surface area contributed by atoms with E-state index in [1.165, 1.54) is 0 Å². The first-order valence-electron chi connectivity index (χ1n) is 10.9. The van der Waals surface area contributed by atoms with Gasteiger partial charge in [-0.25, -0.2) is 8.42 Å². The van der Waals surface area contributed by atoms with Gasteiger partial charge in [0.25, 0.3) is 5.91 Å². The molecule has 1 saturated carbocycles. The predicted molar refractivity (Wildman–Crippen MR) is 126 cm³/mol. The second-order valence-electron chi connectivity index (χ2n) is 9.45. The van der Waals surface area contributed by atoms with Crippen molar-refractivity contribution >= 4 is 38.9 Å². The van der Waals surface area contributed by atoms with Crippen molar-refractivity contribution in [3.05, 3.63) is 52.8 Å². The Labute approximate surface area is 194 Å². The van der Waals surface area contributed by atoms with Crippen LogP contribution >= 0.6 is 11.6 Å². The minimum atomic E-state index is -3.16. The van der Waals surface area contributed by atoms with Crippen LogP contribution in [0.3, 0.4) is 0 Å². The van der Waals surface area contributed by atoms with Gasteiger partial charge >= 0.3 is 0 Å². The highest BCUT2D eigenvalue weighted by atomic mass is 35.5. The third kappa shape index (κ3) is 3.40. The van der Waals surface area contributed by atoms with Gasteiger partial charge in [0.15, 0.2) is 0 Å². The largest absolute Gasteiger partial charge is 0.369 e. The Morgan fingerprint density at radius 2 is 1.91 bits per heavy atom. The van der Waals surface area contributed by atoms with Crippen LogP contribution in [0.1, 0.15) is 49.0 Å². The molecule has 7 nitrogen and oxygen atoms in total. The van der Waals surface area contributed by atoms with Crippen LogP contribution in [0.4, 0.5) is 11.4 Å². The quantitative estimate of drug-likeness (QED) is 0.661. The third-order valence-electron chi connectivity index (χ3n) is 6.99. The highest BCUT2D eigenvalue weighted by molar-refractivity contribution is 7.90. The summed E-state index contributed by atoms with van der Waals surface area (Å²) in [5, 5.41) is 0.417. The Morgan fingerprint density at radius 3 is 2.62 bits per heavy atom. The van der Waals surface area contributed by atoms with Gasteiger partial charge in [-0.1, -0.05) is 11.6 Å². The molecule has 1 amide bonds. The Kier molecular flexibility index (Phi) is 5.03. The summed E-state index contributed by atoms with van der Waals surface area (Å²) in [6.45, 7) is 5.04. The Balaban J connectivity index is 1.40. The molecule has 1 aromatic carbocycles. The Hall–Kier alpha value is -2.16. The van der Waals surface area contributed by atoms with E-state index in [0.717, 1.165) is 30.5 Å². The van der Waals surface area contributed by atoms with Crippen LogP contribution < -0.4 is 9.80 Å². The zero-order valence-electron chi connectivity index (χ0n) is 18.5. The van der Waals surface area contributed by atoms with Gasteiger partial charge in [-0.3, -0.25) is 14.7 Å². The van der Waals surface area contributed by atoms with Crippen LogP contribution in [0.15, 0.2) is 36.7 Å². The lowest BCUT2D eigenvalue weighted by atomic mass is 9.93. The molecule has 2 fully saturated rings. The van der Waals surface area contributed by atoms with E-state index in [0.29, 0.717) is 29.4 Å². The molecule has 2 aliphatic heterocycles. The summed E-state index contributed by atoms with van der Waals surface area (Å²) in [6, 6.07) is 7.39. The molecule has 1 unspecified atom stereocenters. The van der Waals surface area contributed by atoms with Crippen molar-refractivity contribution in [1.82, 2.24) is 9.29 Å². The first kappa shape index (κ1) is 21.7. The molecule has 1 aliphatic carbocycles. The van der Waals surface area contributed by atoms with Gasteiger partial charge in [-0.2, -0.15) is 4.31 Å². The molecule has 0 N–H and O–H groups in total. The molecule has 2 aromatic rings. The summed E-state index contributed by atoms with van der Waals surface area (Å²) in [4.78, 5) is 21.5. The van der Waals surface area contributed by atoms with Crippen molar-refractivity contribution in [1.29, 1.82) is 0 Å². The van der Waals surface area contributed by atoms with Crippen molar-refractivity contribution in [3.8, 4) is 0 Å². The maximum Gasteiger partial charge on any atom is 0.259 e. The molecule has 3 aliphatic rings. The number of benzene rings is 1. The number of carbonyl (C=O) groups is 1. The smallest absolute Gasteiger partial charge is 0.259 e. The van der Waals surface area contributed by atoms with Crippen LogP contribution in [0.5, 0.6) is 0 Å². The van der Waals surface area contributed by atoms with Crippen molar-refractivity contribution < 1.29 is 13.2 Å². The summed E-state index contributed by atoms with van der Waals surface area (Å²) in [6.07, 6.45) is 5.78. The number of amides is 1. The normalized spacial score (nSPS) is 22.9. The number of likely N-dealkylation sites (N-methyl/N-ethyl adjacent to an activating group) is 1. The average Bonchev–Trinajstić information content (AvgIpc) is 3.46. The highest BCUT2D eigenvalue weighted by Crippen LogP contribution is 2.43. The van der Waals surface area contributed by atoms with Crippen molar-refractivity contribution in [2.45, 2.75) is 49.9 Å². The maximum atomic E-state index is 13.3. The summed E-state index contributed by atoms with van der Waals surface area (Å²) < 4.78 is 26.9. The van der Waals surface area contributed by atoms with Crippen molar-refractivity contribution in [2.24, 2.45) is 0 Å². The van der Waals surface area contributed by atoms with E-state index >= 15 is 0 Å². The Bertz CT molecular complexity index is 1200. The zero-order chi connectivity index (χ0) is 22.8. The van der Waals surface area contributed by atoms with Gasteiger partial charge < -0.3 is 4.90 Å². The molecular weight excluding hydrogens is 448 g/mol. The number of fused-ring (bicyclic) bond motifs is 1. The van der Waals surface area contributed by atoms with Gasteiger partial charge in [-0.15, -0.1) is 0 Å². The molecule has 5 rings (SSSR count). The monoisotopic (exact) mass is 474 g/mol. The molecule has 1 aromatic heterocycles. The number of nitrogens with zero attached hydrogens (tertiary/aromatic N) is 4. The molecule has 3 heterocycles. The second-order valence-corrected chi connectivity index (χ2v) is 12.1. The molecule has 170 valence electrons. The highest BCUT2D eigenvalue weighted by Gasteiger charge is 2.45. The van der Waals surface area contributed by atoms with E-state index in [4.69, 9.17) is 11.6 Å². The van der Waals surface area contributed by atoms with Gasteiger partial charge in [0.1, 0.15) is 0 Å². The van der Waals surface area contributed by atoms with Gasteiger partial charge in [0.2, 0.25) is 10.0 Å². The number of hydrogen-bond acceptors (Lipinski definition) is 5. The van der Waals surface area contributed by atoms with E-state index in [-0.39, 0.29) is 17.2 Å². The van der Waals surface area contributed by atoms with E-state index in [9.17, 15) is 13.2 Å². The summed E-state index contributed by atoms with van der Waals surface area (Å²) in [5.74, 6) is -0.0779. The molecule has 1 atom stereocenters. The fourth-order valence-electron chi connectivity index (χ4n) is 4.92. The number of rotatable bonds is 5. The first-order chi connectivity index (χ1) is 15.1. The molecule has 0 radical (unpaired) electrons. The lowest BCUT2D eigenvalue weighted by molar-refractivity contribution is 0.0982. The molecular formula is C23H27ClN4O3S. The van der Waals surface area contributed by atoms with Crippen molar-refractivity contribution in [3.63, 3.8) is 0 Å². The first-order valence-corrected chi connectivity index (χ1v) is 12.8. The lowest BCUT2D eigenvalue weighted by Gasteiger charge is -2.33. The third-order valence-corrected chi connectivity index (χ3v) is 9.59.